The molecule has 3 aliphatic rings. The van der Waals surface area contributed by atoms with Crippen LogP contribution < -0.4 is 9.47 Å². The number of carbonyl (C=O) groups is 2. The van der Waals surface area contributed by atoms with E-state index in [1.54, 1.807) is 16.8 Å². The molecule has 1 fully saturated rings. The molecule has 9 heteroatoms. The molecular weight excluding hydrogens is 460 g/mol. The number of ether oxygens (including phenoxy) is 3. The number of hydrogen-bond donors (Lipinski definition) is 0. The largest absolute Gasteiger partial charge is 0.454 e. The van der Waals surface area contributed by atoms with E-state index in [-0.39, 0.29) is 31.4 Å². The summed E-state index contributed by atoms with van der Waals surface area (Å²) in [4.78, 5) is 29.3. The predicted molar refractivity (Wildman–Crippen MR) is 134 cm³/mol. The van der Waals surface area contributed by atoms with Crippen molar-refractivity contribution in [3.8, 4) is 11.5 Å². The van der Waals surface area contributed by atoms with Gasteiger partial charge in [-0.05, 0) is 44.0 Å². The Morgan fingerprint density at radius 2 is 1.81 bits per heavy atom. The Morgan fingerprint density at radius 1 is 1.03 bits per heavy atom. The summed E-state index contributed by atoms with van der Waals surface area (Å²) in [6, 6.07) is 11.9. The quantitative estimate of drug-likeness (QED) is 0.636. The van der Waals surface area contributed by atoms with E-state index in [9.17, 15) is 9.59 Å². The highest BCUT2D eigenvalue weighted by atomic mass is 16.7. The van der Waals surface area contributed by atoms with E-state index in [0.29, 0.717) is 50.7 Å². The average molecular weight is 493 g/mol. The number of hydrogen-bond acceptors (Lipinski definition) is 7. The Labute approximate surface area is 211 Å². The third kappa shape index (κ3) is 4.88. The van der Waals surface area contributed by atoms with Crippen LogP contribution in [-0.4, -0.2) is 78.6 Å². The molecule has 2 amide bonds. The molecule has 0 radical (unpaired) electrons. The van der Waals surface area contributed by atoms with Crippen LogP contribution in [0.2, 0.25) is 0 Å². The van der Waals surface area contributed by atoms with Gasteiger partial charge in [-0.2, -0.15) is 5.10 Å². The van der Waals surface area contributed by atoms with Crippen molar-refractivity contribution < 1.29 is 23.8 Å². The molecule has 5 rings (SSSR count). The van der Waals surface area contributed by atoms with Gasteiger partial charge in [-0.3, -0.25) is 9.69 Å². The number of amides is 2. The lowest BCUT2D eigenvalue weighted by atomic mass is 9.95. The molecule has 0 aliphatic carbocycles. The standard InChI is InChI=1S/C27H32N4O5/c1-4-34-27(33)30-11-9-29(10-12-30)16-26(32)31-23(20-6-8-24-25(14-20)36-17-35-24)15-22(28-31)21-7-5-18(2)13-19(21)3/h5-8,13-14,23H,4,9-12,15-17H2,1-3H3/t23-/m0/s1. The van der Waals surface area contributed by atoms with E-state index in [4.69, 9.17) is 19.3 Å². The average Bonchev–Trinajstić information content (AvgIpc) is 3.51. The highest BCUT2D eigenvalue weighted by Gasteiger charge is 2.35. The molecule has 2 aromatic carbocycles. The van der Waals surface area contributed by atoms with Crippen LogP contribution in [0, 0.1) is 13.8 Å². The summed E-state index contributed by atoms with van der Waals surface area (Å²) in [5, 5.41) is 6.48. The van der Waals surface area contributed by atoms with Gasteiger partial charge >= 0.3 is 6.09 Å². The molecule has 190 valence electrons. The van der Waals surface area contributed by atoms with Crippen LogP contribution in [0.1, 0.15) is 41.6 Å². The molecule has 2 aromatic rings. The second-order valence-electron chi connectivity index (χ2n) is 9.40. The summed E-state index contributed by atoms with van der Waals surface area (Å²) < 4.78 is 16.2. The second-order valence-corrected chi connectivity index (χ2v) is 9.40. The van der Waals surface area contributed by atoms with Crippen molar-refractivity contribution in [1.29, 1.82) is 0 Å². The first-order valence-corrected chi connectivity index (χ1v) is 12.4. The van der Waals surface area contributed by atoms with Crippen LogP contribution in [0.4, 0.5) is 4.79 Å². The molecule has 1 saturated heterocycles. The van der Waals surface area contributed by atoms with Gasteiger partial charge in [-0.15, -0.1) is 0 Å². The first kappa shape index (κ1) is 24.1. The predicted octanol–water partition coefficient (Wildman–Crippen LogP) is 3.48. The number of nitrogens with zero attached hydrogens (tertiary/aromatic N) is 4. The zero-order valence-corrected chi connectivity index (χ0v) is 21.0. The Bertz CT molecular complexity index is 1190. The molecule has 0 saturated carbocycles. The minimum absolute atomic E-state index is 0.0676. The number of hydrazone groups is 1. The maximum Gasteiger partial charge on any atom is 0.409 e. The SMILES string of the molecule is CCOC(=O)N1CCN(CC(=O)N2N=C(c3ccc(C)cc3C)C[C@H]2c2ccc3c(c2)OCO3)CC1. The lowest BCUT2D eigenvalue weighted by molar-refractivity contribution is -0.134. The fraction of sp³-hybridized carbons (Fsp3) is 0.444. The smallest absolute Gasteiger partial charge is 0.409 e. The minimum Gasteiger partial charge on any atom is -0.454 e. The van der Waals surface area contributed by atoms with E-state index in [0.717, 1.165) is 22.4 Å². The fourth-order valence-corrected chi connectivity index (χ4v) is 4.99. The molecule has 0 bridgehead atoms. The van der Waals surface area contributed by atoms with Crippen LogP contribution in [0.15, 0.2) is 41.5 Å². The Hall–Kier alpha value is -3.59. The van der Waals surface area contributed by atoms with E-state index in [1.165, 1.54) is 5.56 Å². The van der Waals surface area contributed by atoms with Gasteiger partial charge < -0.3 is 19.1 Å². The van der Waals surface area contributed by atoms with Gasteiger partial charge in [0.05, 0.1) is 24.9 Å². The molecule has 0 spiro atoms. The molecular formula is C27H32N4O5. The third-order valence-electron chi connectivity index (χ3n) is 6.90. The van der Waals surface area contributed by atoms with E-state index >= 15 is 0 Å². The second kappa shape index (κ2) is 10.2. The van der Waals surface area contributed by atoms with Gasteiger partial charge in [0.1, 0.15) is 0 Å². The van der Waals surface area contributed by atoms with Crippen molar-refractivity contribution >= 4 is 17.7 Å². The van der Waals surface area contributed by atoms with E-state index in [2.05, 4.69) is 36.9 Å². The summed E-state index contributed by atoms with van der Waals surface area (Å²) in [6.07, 6.45) is 0.319. The van der Waals surface area contributed by atoms with E-state index in [1.807, 2.05) is 18.2 Å². The molecule has 9 nitrogen and oxygen atoms in total. The van der Waals surface area contributed by atoms with Crippen LogP contribution >= 0.6 is 0 Å². The van der Waals surface area contributed by atoms with Crippen molar-refractivity contribution in [3.05, 3.63) is 58.7 Å². The topological polar surface area (TPSA) is 83.9 Å². The molecule has 3 heterocycles. The van der Waals surface area contributed by atoms with Crippen molar-refractivity contribution in [1.82, 2.24) is 14.8 Å². The molecule has 36 heavy (non-hydrogen) atoms. The molecule has 0 N–H and O–H groups in total. The zero-order valence-electron chi connectivity index (χ0n) is 21.0. The Kier molecular flexibility index (Phi) is 6.82. The van der Waals surface area contributed by atoms with Gasteiger partial charge in [0, 0.05) is 38.2 Å². The van der Waals surface area contributed by atoms with Crippen LogP contribution in [0.3, 0.4) is 0 Å². The van der Waals surface area contributed by atoms with Gasteiger partial charge in [-0.25, -0.2) is 9.80 Å². The van der Waals surface area contributed by atoms with Crippen LogP contribution in [-0.2, 0) is 9.53 Å². The minimum atomic E-state index is -0.298. The normalized spacial score (nSPS) is 19.4. The molecule has 3 aliphatic heterocycles. The Morgan fingerprint density at radius 3 is 2.56 bits per heavy atom. The van der Waals surface area contributed by atoms with Crippen LogP contribution in [0.25, 0.3) is 0 Å². The van der Waals surface area contributed by atoms with Gasteiger partial charge in [0.2, 0.25) is 6.79 Å². The highest BCUT2D eigenvalue weighted by Crippen LogP contribution is 2.39. The third-order valence-corrected chi connectivity index (χ3v) is 6.90. The maximum atomic E-state index is 13.6. The number of rotatable bonds is 5. The summed E-state index contributed by atoms with van der Waals surface area (Å²) >= 11 is 0. The van der Waals surface area contributed by atoms with Crippen molar-refractivity contribution in [2.75, 3.05) is 46.1 Å². The van der Waals surface area contributed by atoms with Crippen molar-refractivity contribution in [3.63, 3.8) is 0 Å². The number of piperazine rings is 1. The van der Waals surface area contributed by atoms with Gasteiger partial charge in [0.15, 0.2) is 11.5 Å². The highest BCUT2D eigenvalue weighted by molar-refractivity contribution is 6.04. The van der Waals surface area contributed by atoms with E-state index < -0.39 is 0 Å². The first-order valence-electron chi connectivity index (χ1n) is 12.4. The summed E-state index contributed by atoms with van der Waals surface area (Å²) in [5.41, 5.74) is 5.25. The number of fused-ring (bicyclic) bond motifs is 1. The molecule has 1 atom stereocenters. The summed E-state index contributed by atoms with van der Waals surface area (Å²) in [7, 11) is 0. The Balaban J connectivity index is 1.35. The monoisotopic (exact) mass is 492 g/mol. The molecule has 0 unspecified atom stereocenters. The lowest BCUT2D eigenvalue weighted by Gasteiger charge is -2.34. The number of carbonyl (C=O) groups excluding carboxylic acids is 2. The zero-order chi connectivity index (χ0) is 25.2. The van der Waals surface area contributed by atoms with Crippen molar-refractivity contribution in [2.24, 2.45) is 5.10 Å². The van der Waals surface area contributed by atoms with Gasteiger partial charge in [-0.1, -0.05) is 29.8 Å². The van der Waals surface area contributed by atoms with Gasteiger partial charge in [0.25, 0.3) is 5.91 Å². The fourth-order valence-electron chi connectivity index (χ4n) is 4.99. The number of benzene rings is 2. The van der Waals surface area contributed by atoms with Crippen LogP contribution in [0.5, 0.6) is 11.5 Å². The lowest BCUT2D eigenvalue weighted by Crippen LogP contribution is -2.51. The summed E-state index contributed by atoms with van der Waals surface area (Å²) in [6.45, 7) is 9.04. The van der Waals surface area contributed by atoms with Crippen molar-refractivity contribution in [2.45, 2.75) is 33.2 Å². The number of aryl methyl sites for hydroxylation is 2. The maximum absolute atomic E-state index is 13.6. The summed E-state index contributed by atoms with van der Waals surface area (Å²) in [5.74, 6) is 1.33. The molecule has 0 aromatic heterocycles. The first-order chi connectivity index (χ1) is 17.4.